The molecular formula is C21H17F4N3O3S. The molecule has 6 nitrogen and oxygen atoms in total. The van der Waals surface area contributed by atoms with E-state index in [9.17, 15) is 27.2 Å². The highest BCUT2D eigenvalue weighted by Crippen LogP contribution is 2.35. The number of alkyl halides is 3. The lowest BCUT2D eigenvalue weighted by Gasteiger charge is -2.39. The van der Waals surface area contributed by atoms with Gasteiger partial charge in [-0.25, -0.2) is 9.18 Å². The topological polar surface area (TPSA) is 84.6 Å². The summed E-state index contributed by atoms with van der Waals surface area (Å²) in [5, 5.41) is 17.8. The number of benzene rings is 2. The van der Waals surface area contributed by atoms with Crippen molar-refractivity contribution in [3.05, 3.63) is 58.9 Å². The maximum Gasteiger partial charge on any atom is 0.417 e. The Balaban J connectivity index is 2.59. The first-order valence-corrected chi connectivity index (χ1v) is 9.34. The Hall–Kier alpha value is -3.52. The largest absolute Gasteiger partial charge is 0.478 e. The summed E-state index contributed by atoms with van der Waals surface area (Å²) >= 11 is 5.41. The van der Waals surface area contributed by atoms with Gasteiger partial charge in [0.15, 0.2) is 5.11 Å². The first-order chi connectivity index (χ1) is 14.7. The molecule has 0 atom stereocenters. The first kappa shape index (κ1) is 24.7. The highest BCUT2D eigenvalue weighted by atomic mass is 32.1. The fourth-order valence-corrected chi connectivity index (χ4v) is 3.34. The van der Waals surface area contributed by atoms with Crippen LogP contribution in [0.3, 0.4) is 0 Å². The van der Waals surface area contributed by atoms with Gasteiger partial charge in [0.1, 0.15) is 12.1 Å². The number of nitriles is 1. The van der Waals surface area contributed by atoms with Crippen molar-refractivity contribution in [1.29, 1.82) is 5.26 Å². The number of hydrogen-bond donors (Lipinski definition) is 1. The van der Waals surface area contributed by atoms with Gasteiger partial charge in [0.2, 0.25) is 0 Å². The normalized spacial score (nSPS) is 11.4. The molecule has 0 aliphatic heterocycles. The van der Waals surface area contributed by atoms with Crippen LogP contribution >= 0.6 is 12.2 Å². The minimum absolute atomic E-state index is 0.0196. The van der Waals surface area contributed by atoms with Crippen molar-refractivity contribution in [2.75, 3.05) is 16.8 Å². The van der Waals surface area contributed by atoms with Crippen LogP contribution in [0.15, 0.2) is 36.4 Å². The maximum atomic E-state index is 14.3. The van der Waals surface area contributed by atoms with Crippen LogP contribution in [-0.4, -0.2) is 35.1 Å². The van der Waals surface area contributed by atoms with Crippen molar-refractivity contribution in [3.8, 4) is 6.07 Å². The minimum atomic E-state index is -4.79. The number of thiocarbonyl (C=S) groups is 1. The molecular weight excluding hydrogens is 450 g/mol. The van der Waals surface area contributed by atoms with Gasteiger partial charge in [0, 0.05) is 18.4 Å². The van der Waals surface area contributed by atoms with E-state index in [4.69, 9.17) is 22.6 Å². The fourth-order valence-electron chi connectivity index (χ4n) is 2.89. The summed E-state index contributed by atoms with van der Waals surface area (Å²) in [7, 11) is 1.35. The van der Waals surface area contributed by atoms with Crippen molar-refractivity contribution in [3.63, 3.8) is 0 Å². The van der Waals surface area contributed by atoms with Gasteiger partial charge in [-0.15, -0.1) is 0 Å². The SMILES string of the molecule is CN(C(=S)N(c1ccc(C(=O)O)c(F)c1)C(C)(C)C=O)c1ccc(C#N)c(C(F)(F)F)c1. The van der Waals surface area contributed by atoms with Crippen molar-refractivity contribution >= 4 is 41.0 Å². The first-order valence-electron chi connectivity index (χ1n) is 8.93. The summed E-state index contributed by atoms with van der Waals surface area (Å²) in [6, 6.07) is 7.56. The van der Waals surface area contributed by atoms with Crippen molar-refractivity contribution < 1.29 is 32.3 Å². The predicted octanol–water partition coefficient (Wildman–Crippen LogP) is 4.62. The Labute approximate surface area is 186 Å². The van der Waals surface area contributed by atoms with E-state index in [1.807, 2.05) is 0 Å². The van der Waals surface area contributed by atoms with Crippen LogP contribution in [0.5, 0.6) is 0 Å². The van der Waals surface area contributed by atoms with E-state index in [1.54, 1.807) is 0 Å². The lowest BCUT2D eigenvalue weighted by atomic mass is 10.0. The number of aromatic carboxylic acids is 1. The Morgan fingerprint density at radius 2 is 1.75 bits per heavy atom. The van der Waals surface area contributed by atoms with E-state index in [0.29, 0.717) is 6.29 Å². The summed E-state index contributed by atoms with van der Waals surface area (Å²) < 4.78 is 54.3. The van der Waals surface area contributed by atoms with Crippen LogP contribution in [0.2, 0.25) is 0 Å². The number of nitrogens with zero attached hydrogens (tertiary/aromatic N) is 3. The molecule has 0 bridgehead atoms. The molecule has 2 aromatic rings. The van der Waals surface area contributed by atoms with E-state index in [1.165, 1.54) is 48.9 Å². The molecule has 0 radical (unpaired) electrons. The van der Waals surface area contributed by atoms with Gasteiger partial charge in [-0.05, 0) is 62.5 Å². The van der Waals surface area contributed by atoms with Crippen LogP contribution in [0.1, 0.15) is 35.3 Å². The van der Waals surface area contributed by atoms with Gasteiger partial charge in [-0.3, -0.25) is 0 Å². The summed E-state index contributed by atoms with van der Waals surface area (Å²) in [6.45, 7) is 2.89. The molecule has 0 aromatic heterocycles. The van der Waals surface area contributed by atoms with Gasteiger partial charge in [0.25, 0.3) is 0 Å². The molecule has 0 fully saturated rings. The number of rotatable bonds is 5. The average Bonchev–Trinajstić information content (AvgIpc) is 2.71. The Bertz CT molecular complexity index is 1130. The third-order valence-corrected chi connectivity index (χ3v) is 5.06. The maximum absolute atomic E-state index is 14.3. The van der Waals surface area contributed by atoms with Crippen LogP contribution in [0, 0.1) is 17.1 Å². The molecule has 0 unspecified atom stereocenters. The summed E-state index contributed by atoms with van der Waals surface area (Å²) in [5.41, 5.74) is -3.72. The molecule has 0 heterocycles. The molecule has 0 spiro atoms. The standard InChI is InChI=1S/C21H17F4N3O3S/c1-20(2,11-29)28(14-6-7-15(18(30)31)17(22)9-14)19(32)27(3)13-5-4-12(10-26)16(8-13)21(23,24)25/h4-9,11H,1-3H3,(H,30,31). The average molecular weight is 467 g/mol. The highest BCUT2D eigenvalue weighted by Gasteiger charge is 2.36. The smallest absolute Gasteiger partial charge is 0.417 e. The second-order valence-corrected chi connectivity index (χ2v) is 7.62. The van der Waals surface area contributed by atoms with Crippen LogP contribution in [-0.2, 0) is 11.0 Å². The molecule has 1 N–H and O–H groups in total. The zero-order valence-electron chi connectivity index (χ0n) is 17.1. The second-order valence-electron chi connectivity index (χ2n) is 7.26. The Morgan fingerprint density at radius 3 is 2.22 bits per heavy atom. The molecule has 0 saturated heterocycles. The van der Waals surface area contributed by atoms with Crippen molar-refractivity contribution in [1.82, 2.24) is 0 Å². The van der Waals surface area contributed by atoms with Gasteiger partial charge in [-0.2, -0.15) is 18.4 Å². The zero-order valence-corrected chi connectivity index (χ0v) is 17.9. The van der Waals surface area contributed by atoms with Crippen LogP contribution < -0.4 is 9.80 Å². The molecule has 32 heavy (non-hydrogen) atoms. The van der Waals surface area contributed by atoms with E-state index in [-0.39, 0.29) is 16.5 Å². The third-order valence-electron chi connectivity index (χ3n) is 4.60. The van der Waals surface area contributed by atoms with E-state index in [2.05, 4.69) is 0 Å². The number of halogens is 4. The zero-order chi connectivity index (χ0) is 24.4. The molecule has 2 rings (SSSR count). The highest BCUT2D eigenvalue weighted by molar-refractivity contribution is 7.80. The summed E-state index contributed by atoms with van der Waals surface area (Å²) in [5.74, 6) is -2.57. The molecule has 0 saturated carbocycles. The number of carboxylic acid groups (broad SMARTS) is 1. The third kappa shape index (κ3) is 4.86. The number of aldehydes is 1. The molecule has 0 amide bonds. The minimum Gasteiger partial charge on any atom is -0.478 e. The quantitative estimate of drug-likeness (QED) is 0.390. The number of carboxylic acids is 1. The lowest BCUT2D eigenvalue weighted by molar-refractivity contribution is -0.137. The van der Waals surface area contributed by atoms with Gasteiger partial charge in [-0.1, -0.05) is 0 Å². The van der Waals surface area contributed by atoms with E-state index < -0.39 is 40.2 Å². The van der Waals surface area contributed by atoms with Gasteiger partial charge in [0.05, 0.1) is 28.3 Å². The summed E-state index contributed by atoms with van der Waals surface area (Å²) in [4.78, 5) is 25.2. The number of anilines is 2. The lowest BCUT2D eigenvalue weighted by Crippen LogP contribution is -2.54. The predicted molar refractivity (Wildman–Crippen MR) is 113 cm³/mol. The van der Waals surface area contributed by atoms with Crippen molar-refractivity contribution in [2.45, 2.75) is 25.6 Å². The second kappa shape index (κ2) is 8.92. The van der Waals surface area contributed by atoms with Crippen molar-refractivity contribution in [2.24, 2.45) is 0 Å². The summed E-state index contributed by atoms with van der Waals surface area (Å²) in [6.07, 6.45) is -4.28. The monoisotopic (exact) mass is 467 g/mol. The van der Waals surface area contributed by atoms with Gasteiger partial charge < -0.3 is 19.7 Å². The van der Waals surface area contributed by atoms with E-state index >= 15 is 0 Å². The molecule has 168 valence electrons. The van der Waals surface area contributed by atoms with Gasteiger partial charge >= 0.3 is 12.1 Å². The number of hydrogen-bond acceptors (Lipinski definition) is 4. The van der Waals surface area contributed by atoms with E-state index in [0.717, 1.165) is 24.3 Å². The molecule has 0 aliphatic rings. The molecule has 0 aliphatic carbocycles. The molecule has 11 heteroatoms. The number of carbonyl (C=O) groups is 2. The van der Waals surface area contributed by atoms with Crippen LogP contribution in [0.4, 0.5) is 28.9 Å². The van der Waals surface area contributed by atoms with Crippen LogP contribution in [0.25, 0.3) is 0 Å². The molecule has 2 aromatic carbocycles. The number of carbonyl (C=O) groups excluding carboxylic acids is 1. The Kier molecular flexibility index (Phi) is 6.90. The fraction of sp³-hybridized carbons (Fsp3) is 0.238. The Morgan fingerprint density at radius 1 is 1.16 bits per heavy atom.